The molecule has 2 aromatic carbocycles. The summed E-state index contributed by atoms with van der Waals surface area (Å²) in [4.78, 5) is 46.9. The molecule has 3 aliphatic rings. The van der Waals surface area contributed by atoms with E-state index in [1.54, 1.807) is 33.9 Å². The van der Waals surface area contributed by atoms with Crippen molar-refractivity contribution >= 4 is 38.8 Å². The number of rotatable bonds is 10. The normalized spacial score (nSPS) is 23.7. The van der Waals surface area contributed by atoms with E-state index in [1.807, 2.05) is 48.5 Å². The molecule has 12 nitrogen and oxygen atoms in total. The monoisotopic (exact) mass is 676 g/mol. The van der Waals surface area contributed by atoms with E-state index in [9.17, 15) is 22.8 Å². The Morgan fingerprint density at radius 3 is 2.44 bits per heavy atom. The first-order valence-electron chi connectivity index (χ1n) is 15.9. The van der Waals surface area contributed by atoms with Gasteiger partial charge in [0.05, 0.1) is 30.1 Å². The van der Waals surface area contributed by atoms with Crippen LogP contribution in [0.15, 0.2) is 67.3 Å². The minimum absolute atomic E-state index is 0.0216. The Morgan fingerprint density at radius 2 is 1.81 bits per heavy atom. The van der Waals surface area contributed by atoms with Crippen molar-refractivity contribution in [1.82, 2.24) is 19.9 Å². The molecule has 2 saturated carbocycles. The molecular formula is C35H40N4O8S. The third-order valence-electron chi connectivity index (χ3n) is 8.78. The fraction of sp³-hybridized carbons (Fsp3) is 0.429. The number of hydrogen-bond donors (Lipinski definition) is 2. The number of carbonyl (C=O) groups is 3. The first-order valence-corrected chi connectivity index (χ1v) is 17.5. The van der Waals surface area contributed by atoms with Crippen LogP contribution in [0.2, 0.25) is 0 Å². The fourth-order valence-electron chi connectivity index (χ4n) is 6.01. The van der Waals surface area contributed by atoms with Crippen molar-refractivity contribution in [2.75, 3.05) is 13.7 Å². The van der Waals surface area contributed by atoms with Crippen molar-refractivity contribution in [1.29, 1.82) is 0 Å². The maximum absolute atomic E-state index is 14.0. The maximum Gasteiger partial charge on any atom is 0.411 e. The molecule has 13 heteroatoms. The number of likely N-dealkylation sites (tertiary alicyclic amines) is 1. The highest BCUT2D eigenvalue weighted by Crippen LogP contribution is 2.45. The zero-order valence-corrected chi connectivity index (χ0v) is 28.2. The first kappa shape index (κ1) is 33.3. The number of methoxy groups -OCH3 is 1. The van der Waals surface area contributed by atoms with Gasteiger partial charge in [0.2, 0.25) is 15.9 Å². The highest BCUT2D eigenvalue weighted by atomic mass is 32.2. The lowest BCUT2D eigenvalue weighted by Gasteiger charge is -2.29. The van der Waals surface area contributed by atoms with Gasteiger partial charge >= 0.3 is 6.09 Å². The van der Waals surface area contributed by atoms with E-state index in [2.05, 4.69) is 16.6 Å². The Bertz CT molecular complexity index is 1870. The Labute approximate surface area is 279 Å². The molecule has 2 aliphatic carbocycles. The summed E-state index contributed by atoms with van der Waals surface area (Å²) in [5.41, 5.74) is -0.157. The van der Waals surface area contributed by atoms with Crippen LogP contribution in [0.25, 0.3) is 22.2 Å². The molecule has 48 heavy (non-hydrogen) atoms. The van der Waals surface area contributed by atoms with E-state index in [0.29, 0.717) is 40.9 Å². The van der Waals surface area contributed by atoms with Crippen molar-refractivity contribution in [2.24, 2.45) is 5.92 Å². The third kappa shape index (κ3) is 6.82. The van der Waals surface area contributed by atoms with Crippen molar-refractivity contribution in [3.05, 3.63) is 67.3 Å². The van der Waals surface area contributed by atoms with Crippen molar-refractivity contribution in [3.8, 4) is 22.8 Å². The van der Waals surface area contributed by atoms with Crippen LogP contribution in [-0.4, -0.2) is 78.4 Å². The molecule has 1 saturated heterocycles. The number of fused-ring (bicyclic) bond motifs is 1. The van der Waals surface area contributed by atoms with E-state index in [4.69, 9.17) is 19.2 Å². The number of aromatic nitrogens is 1. The molecule has 2 unspecified atom stereocenters. The lowest BCUT2D eigenvalue weighted by Crippen LogP contribution is -2.56. The Hall–Kier alpha value is -4.65. The molecule has 6 rings (SSSR count). The summed E-state index contributed by atoms with van der Waals surface area (Å²) < 4.78 is 45.0. The van der Waals surface area contributed by atoms with Gasteiger partial charge in [-0.25, -0.2) is 18.2 Å². The van der Waals surface area contributed by atoms with Crippen LogP contribution in [0.4, 0.5) is 4.79 Å². The molecule has 254 valence electrons. The number of amides is 3. The second-order valence-electron chi connectivity index (χ2n) is 13.6. The van der Waals surface area contributed by atoms with Gasteiger partial charge in [-0.3, -0.25) is 19.2 Å². The fourth-order valence-corrected chi connectivity index (χ4v) is 7.37. The molecule has 2 heterocycles. The van der Waals surface area contributed by atoms with Gasteiger partial charge < -0.3 is 19.5 Å². The van der Waals surface area contributed by atoms with Crippen molar-refractivity contribution < 1.29 is 37.0 Å². The number of pyridine rings is 1. The number of nitrogens with zero attached hydrogens (tertiary/aromatic N) is 2. The molecule has 0 radical (unpaired) electrons. The van der Waals surface area contributed by atoms with Crippen LogP contribution in [0, 0.1) is 5.92 Å². The van der Waals surface area contributed by atoms with Crippen molar-refractivity contribution in [3.63, 3.8) is 0 Å². The van der Waals surface area contributed by atoms with E-state index >= 15 is 0 Å². The second-order valence-corrected chi connectivity index (χ2v) is 15.5. The predicted octanol–water partition coefficient (Wildman–Crippen LogP) is 4.34. The first-order chi connectivity index (χ1) is 22.7. The maximum atomic E-state index is 14.0. The topological polar surface area (TPSA) is 153 Å². The lowest BCUT2D eigenvalue weighted by molar-refractivity contribution is -0.131. The van der Waals surface area contributed by atoms with Gasteiger partial charge in [-0.2, -0.15) is 0 Å². The zero-order chi connectivity index (χ0) is 34.4. The molecule has 3 aromatic rings. The van der Waals surface area contributed by atoms with E-state index < -0.39 is 62.4 Å². The van der Waals surface area contributed by atoms with Crippen LogP contribution in [0.1, 0.15) is 46.5 Å². The number of hydrogen-bond acceptors (Lipinski definition) is 9. The molecule has 1 aliphatic heterocycles. The molecule has 3 amide bonds. The molecule has 0 spiro atoms. The highest BCUT2D eigenvalue weighted by Gasteiger charge is 2.62. The minimum Gasteiger partial charge on any atom is -0.497 e. The summed E-state index contributed by atoms with van der Waals surface area (Å²) in [5.74, 6) is -0.776. The Morgan fingerprint density at radius 1 is 1.08 bits per heavy atom. The van der Waals surface area contributed by atoms with Crippen LogP contribution in [-0.2, 0) is 24.3 Å². The SMILES string of the molecule is C=CC1CC1(NC(=O)[C@@H]1C[C@@H](Oc2cc(-c3ccccc3)nc3cc(OC)ccc23)CN1C(=O)OC(C)(C)C)C(=O)NS(=O)(=O)C1CC1. The molecular weight excluding hydrogens is 636 g/mol. The molecule has 0 bridgehead atoms. The highest BCUT2D eigenvalue weighted by molar-refractivity contribution is 7.91. The van der Waals surface area contributed by atoms with Crippen molar-refractivity contribution in [2.45, 2.75) is 75.0 Å². The second kappa shape index (κ2) is 12.4. The van der Waals surface area contributed by atoms with Gasteiger partial charge in [-0.05, 0) is 52.2 Å². The Kier molecular flexibility index (Phi) is 8.61. The molecule has 2 N–H and O–H groups in total. The summed E-state index contributed by atoms with van der Waals surface area (Å²) >= 11 is 0. The standard InChI is InChI=1S/C35H40N4O8S/c1-6-22-19-35(22,32(41)38-48(43,44)25-13-14-25)37-31(40)29-17-24(20-39(29)33(42)47-34(2,3)4)46-30-18-27(21-10-8-7-9-11-21)36-28-16-23(45-5)12-15-26(28)30/h6-12,15-16,18,22,24-25,29H,1,13-14,17,19-20H2,2-5H3,(H,37,40)(H,38,41)/t22?,24-,29+,35?/m1/s1. The summed E-state index contributed by atoms with van der Waals surface area (Å²) in [6, 6.07) is 15.8. The number of carbonyl (C=O) groups excluding carboxylic acids is 3. The average molecular weight is 677 g/mol. The predicted molar refractivity (Wildman–Crippen MR) is 179 cm³/mol. The lowest BCUT2D eigenvalue weighted by atomic mass is 10.1. The van der Waals surface area contributed by atoms with Crippen LogP contribution >= 0.6 is 0 Å². The number of sulfonamides is 1. The van der Waals surface area contributed by atoms with Gasteiger partial charge in [0.25, 0.3) is 5.91 Å². The minimum atomic E-state index is -3.85. The number of ether oxygens (including phenoxy) is 3. The quantitative estimate of drug-likeness (QED) is 0.299. The summed E-state index contributed by atoms with van der Waals surface area (Å²) in [5, 5.41) is 2.88. The zero-order valence-electron chi connectivity index (χ0n) is 27.4. The summed E-state index contributed by atoms with van der Waals surface area (Å²) in [6.45, 7) is 8.96. The van der Waals surface area contributed by atoms with Gasteiger partial charge in [-0.1, -0.05) is 36.4 Å². The third-order valence-corrected chi connectivity index (χ3v) is 10.6. The van der Waals surface area contributed by atoms with Gasteiger partial charge in [0.15, 0.2) is 0 Å². The van der Waals surface area contributed by atoms with Crippen LogP contribution in [0.5, 0.6) is 11.5 Å². The Balaban J connectivity index is 1.29. The molecule has 4 atom stereocenters. The molecule has 1 aromatic heterocycles. The van der Waals surface area contributed by atoms with E-state index in [0.717, 1.165) is 5.56 Å². The number of nitrogens with one attached hydrogen (secondary N) is 2. The number of benzene rings is 2. The molecule has 3 fully saturated rings. The van der Waals surface area contributed by atoms with Crippen LogP contribution < -0.4 is 19.5 Å². The van der Waals surface area contributed by atoms with E-state index in [1.165, 1.54) is 11.0 Å². The summed E-state index contributed by atoms with van der Waals surface area (Å²) in [6.07, 6.45) is 1.39. The van der Waals surface area contributed by atoms with E-state index in [-0.39, 0.29) is 19.4 Å². The summed E-state index contributed by atoms with van der Waals surface area (Å²) in [7, 11) is -2.28. The van der Waals surface area contributed by atoms with Gasteiger partial charge in [0.1, 0.15) is 34.8 Å². The largest absolute Gasteiger partial charge is 0.497 e. The smallest absolute Gasteiger partial charge is 0.411 e. The van der Waals surface area contributed by atoms with Crippen LogP contribution in [0.3, 0.4) is 0 Å². The van der Waals surface area contributed by atoms with Gasteiger partial charge in [0, 0.05) is 35.4 Å². The average Bonchev–Trinajstić information content (AvgIpc) is 3.97. The van der Waals surface area contributed by atoms with Gasteiger partial charge in [-0.15, -0.1) is 6.58 Å².